The minimum absolute atomic E-state index is 0.0783. The fourth-order valence-corrected chi connectivity index (χ4v) is 1.99. The number of H-pyrrole nitrogens is 2. The van der Waals surface area contributed by atoms with E-state index in [-0.39, 0.29) is 11.6 Å². The Kier molecular flexibility index (Phi) is 3.93. The predicted molar refractivity (Wildman–Crippen MR) is 65.7 cm³/mol. The van der Waals surface area contributed by atoms with Crippen molar-refractivity contribution in [1.29, 1.82) is 0 Å². The van der Waals surface area contributed by atoms with Gasteiger partial charge >= 0.3 is 5.69 Å². The van der Waals surface area contributed by atoms with Crippen molar-refractivity contribution >= 4 is 5.91 Å². The van der Waals surface area contributed by atoms with E-state index >= 15 is 0 Å². The molecule has 1 aromatic heterocycles. The monoisotopic (exact) mass is 252 g/mol. The van der Waals surface area contributed by atoms with Crippen LogP contribution in [-0.4, -0.2) is 35.0 Å². The summed E-state index contributed by atoms with van der Waals surface area (Å²) in [6.45, 7) is 1.44. The molecule has 18 heavy (non-hydrogen) atoms. The molecule has 1 fully saturated rings. The highest BCUT2D eigenvalue weighted by molar-refractivity contribution is 5.93. The van der Waals surface area contributed by atoms with Crippen molar-refractivity contribution in [3.63, 3.8) is 0 Å². The van der Waals surface area contributed by atoms with Crippen LogP contribution in [0.25, 0.3) is 0 Å². The van der Waals surface area contributed by atoms with Gasteiger partial charge in [0.1, 0.15) is 5.56 Å². The highest BCUT2D eigenvalue weighted by atomic mass is 16.2. The van der Waals surface area contributed by atoms with Gasteiger partial charge in [-0.05, 0) is 19.4 Å². The lowest BCUT2D eigenvalue weighted by molar-refractivity contribution is 0.0945. The largest absolute Gasteiger partial charge is 0.350 e. The van der Waals surface area contributed by atoms with Gasteiger partial charge in [0, 0.05) is 18.8 Å². The van der Waals surface area contributed by atoms with Gasteiger partial charge in [-0.15, -0.1) is 0 Å². The van der Waals surface area contributed by atoms with Crippen LogP contribution >= 0.6 is 0 Å². The summed E-state index contributed by atoms with van der Waals surface area (Å²) in [5.74, 6) is -0.472. The first kappa shape index (κ1) is 12.6. The van der Waals surface area contributed by atoms with Crippen LogP contribution in [0.15, 0.2) is 15.8 Å². The Hall–Kier alpha value is -1.89. The van der Waals surface area contributed by atoms with Crippen molar-refractivity contribution in [2.75, 3.05) is 13.1 Å². The SMILES string of the molecule is O=C(NCC1CCCCN1)c1c[nH]c(=O)[nH]c1=O. The van der Waals surface area contributed by atoms with Crippen LogP contribution in [0.3, 0.4) is 0 Å². The van der Waals surface area contributed by atoms with Gasteiger partial charge in [0.25, 0.3) is 11.5 Å². The highest BCUT2D eigenvalue weighted by Crippen LogP contribution is 2.05. The van der Waals surface area contributed by atoms with Crippen LogP contribution in [0.4, 0.5) is 0 Å². The maximum Gasteiger partial charge on any atom is 0.325 e. The van der Waals surface area contributed by atoms with Crippen LogP contribution in [0.5, 0.6) is 0 Å². The quantitative estimate of drug-likeness (QED) is 0.549. The van der Waals surface area contributed by atoms with Gasteiger partial charge < -0.3 is 15.6 Å². The Labute approximate surface area is 103 Å². The molecule has 0 bridgehead atoms. The van der Waals surface area contributed by atoms with Gasteiger partial charge in [0.05, 0.1) is 0 Å². The first-order valence-electron chi connectivity index (χ1n) is 6.00. The second kappa shape index (κ2) is 5.63. The number of nitrogens with one attached hydrogen (secondary N) is 4. The number of aromatic amines is 2. The zero-order valence-corrected chi connectivity index (χ0v) is 9.91. The van der Waals surface area contributed by atoms with Crippen molar-refractivity contribution in [1.82, 2.24) is 20.6 Å². The average Bonchev–Trinajstić information content (AvgIpc) is 2.37. The molecule has 2 heterocycles. The number of piperidine rings is 1. The molecule has 0 aromatic carbocycles. The minimum Gasteiger partial charge on any atom is -0.350 e. The number of hydrogen-bond donors (Lipinski definition) is 4. The van der Waals surface area contributed by atoms with Crippen LogP contribution < -0.4 is 21.9 Å². The number of aromatic nitrogens is 2. The van der Waals surface area contributed by atoms with E-state index < -0.39 is 17.2 Å². The van der Waals surface area contributed by atoms with Crippen LogP contribution in [0.1, 0.15) is 29.6 Å². The first-order valence-corrected chi connectivity index (χ1v) is 6.00. The molecule has 4 N–H and O–H groups in total. The fraction of sp³-hybridized carbons (Fsp3) is 0.545. The molecule has 1 amide bonds. The molecule has 0 radical (unpaired) electrons. The Bertz CT molecular complexity index is 528. The van der Waals surface area contributed by atoms with Crippen LogP contribution in [0, 0.1) is 0 Å². The third-order valence-corrected chi connectivity index (χ3v) is 2.99. The molecule has 98 valence electrons. The zero-order valence-electron chi connectivity index (χ0n) is 9.91. The average molecular weight is 252 g/mol. The van der Waals surface area contributed by atoms with Gasteiger partial charge in [-0.1, -0.05) is 6.42 Å². The zero-order chi connectivity index (χ0) is 13.0. The van der Waals surface area contributed by atoms with E-state index in [0.717, 1.165) is 32.0 Å². The molecule has 1 unspecified atom stereocenters. The summed E-state index contributed by atoms with van der Waals surface area (Å²) in [6, 6.07) is 0.254. The summed E-state index contributed by atoms with van der Waals surface area (Å²) in [6.07, 6.45) is 4.45. The molecule has 1 atom stereocenters. The smallest absolute Gasteiger partial charge is 0.325 e. The maximum atomic E-state index is 11.7. The molecular formula is C11H16N4O3. The summed E-state index contributed by atoms with van der Waals surface area (Å²) < 4.78 is 0. The second-order valence-electron chi connectivity index (χ2n) is 4.34. The van der Waals surface area contributed by atoms with E-state index in [1.807, 2.05) is 4.98 Å². The van der Waals surface area contributed by atoms with Gasteiger partial charge in [-0.3, -0.25) is 14.6 Å². The molecule has 7 heteroatoms. The van der Waals surface area contributed by atoms with Gasteiger partial charge in [0.15, 0.2) is 0 Å². The van der Waals surface area contributed by atoms with Gasteiger partial charge in [-0.2, -0.15) is 0 Å². The number of carbonyl (C=O) groups is 1. The van der Waals surface area contributed by atoms with Crippen LogP contribution in [-0.2, 0) is 0 Å². The van der Waals surface area contributed by atoms with E-state index in [9.17, 15) is 14.4 Å². The summed E-state index contributed by atoms with van der Waals surface area (Å²) in [4.78, 5) is 38.2. The first-order chi connectivity index (χ1) is 8.66. The lowest BCUT2D eigenvalue weighted by Crippen LogP contribution is -2.44. The number of carbonyl (C=O) groups excluding carboxylic acids is 1. The van der Waals surface area contributed by atoms with E-state index in [1.54, 1.807) is 0 Å². The van der Waals surface area contributed by atoms with Gasteiger partial charge in [-0.25, -0.2) is 4.79 Å². The molecule has 0 saturated carbocycles. The normalized spacial score (nSPS) is 19.4. The lowest BCUT2D eigenvalue weighted by Gasteiger charge is -2.23. The summed E-state index contributed by atoms with van der Waals surface area (Å²) in [5.41, 5.74) is -1.37. The molecular weight excluding hydrogens is 236 g/mol. The molecule has 2 rings (SSSR count). The molecule has 0 aliphatic carbocycles. The highest BCUT2D eigenvalue weighted by Gasteiger charge is 2.15. The summed E-state index contributed by atoms with van der Waals surface area (Å²) in [5, 5.41) is 5.98. The number of hydrogen-bond acceptors (Lipinski definition) is 4. The van der Waals surface area contributed by atoms with Gasteiger partial charge in [0.2, 0.25) is 0 Å². The number of amides is 1. The van der Waals surface area contributed by atoms with Crippen molar-refractivity contribution in [3.8, 4) is 0 Å². The van der Waals surface area contributed by atoms with E-state index in [2.05, 4.69) is 15.6 Å². The summed E-state index contributed by atoms with van der Waals surface area (Å²) in [7, 11) is 0. The third-order valence-electron chi connectivity index (χ3n) is 2.99. The standard InChI is InChI=1S/C11H16N4O3/c16-9(8-6-14-11(18)15-10(8)17)13-5-7-3-1-2-4-12-7/h6-7,12H,1-5H2,(H,13,16)(H2,14,15,17,18). The Morgan fingerprint density at radius 3 is 2.89 bits per heavy atom. The molecule has 1 aliphatic heterocycles. The topological polar surface area (TPSA) is 107 Å². The predicted octanol–water partition coefficient (Wildman–Crippen LogP) is -1.06. The fourth-order valence-electron chi connectivity index (χ4n) is 1.99. The van der Waals surface area contributed by atoms with E-state index in [0.29, 0.717) is 6.54 Å². The number of rotatable bonds is 3. The molecule has 1 aromatic rings. The maximum absolute atomic E-state index is 11.7. The van der Waals surface area contributed by atoms with E-state index in [1.165, 1.54) is 0 Å². The van der Waals surface area contributed by atoms with Crippen molar-refractivity contribution in [2.45, 2.75) is 25.3 Å². The lowest BCUT2D eigenvalue weighted by atomic mass is 10.1. The van der Waals surface area contributed by atoms with Crippen molar-refractivity contribution in [2.24, 2.45) is 0 Å². The third kappa shape index (κ3) is 3.07. The van der Waals surface area contributed by atoms with Crippen molar-refractivity contribution in [3.05, 3.63) is 32.6 Å². The molecule has 1 aliphatic rings. The second-order valence-corrected chi connectivity index (χ2v) is 4.34. The Morgan fingerprint density at radius 1 is 1.39 bits per heavy atom. The minimum atomic E-state index is -0.673. The molecule has 1 saturated heterocycles. The molecule has 0 spiro atoms. The Morgan fingerprint density at radius 2 is 2.22 bits per heavy atom. The van der Waals surface area contributed by atoms with Crippen molar-refractivity contribution < 1.29 is 4.79 Å². The summed E-state index contributed by atoms with van der Waals surface area (Å²) >= 11 is 0. The van der Waals surface area contributed by atoms with Crippen LogP contribution in [0.2, 0.25) is 0 Å². The van der Waals surface area contributed by atoms with E-state index in [4.69, 9.17) is 0 Å². The molecule has 7 nitrogen and oxygen atoms in total. The Balaban J connectivity index is 1.95.